The lowest BCUT2D eigenvalue weighted by Gasteiger charge is -2.11. The maximum Gasteiger partial charge on any atom is 0.0184 e. The molecule has 6 N–H and O–H groups in total. The minimum absolute atomic E-state index is 0.470. The lowest BCUT2D eigenvalue weighted by molar-refractivity contribution is 1.03. The van der Waals surface area contributed by atoms with Crippen molar-refractivity contribution in [2.45, 2.75) is 0 Å². The Bertz CT molecular complexity index is 639. The normalized spacial score (nSPS) is 9.46. The summed E-state index contributed by atoms with van der Waals surface area (Å²) >= 11 is 0. The summed E-state index contributed by atoms with van der Waals surface area (Å²) in [7, 11) is 0. The van der Waals surface area contributed by atoms with E-state index in [-0.39, 0.29) is 0 Å². The largest absolute Gasteiger partial charge is 0.327 e. The summed E-state index contributed by atoms with van der Waals surface area (Å²) in [5.41, 5.74) is 22.4. The van der Waals surface area contributed by atoms with Crippen LogP contribution in [-0.4, -0.2) is 19.6 Å². The van der Waals surface area contributed by atoms with Crippen molar-refractivity contribution in [1.82, 2.24) is 0 Å². The summed E-state index contributed by atoms with van der Waals surface area (Å²) < 4.78 is 0. The third-order valence-electron chi connectivity index (χ3n) is 3.68. The van der Waals surface area contributed by atoms with E-state index in [0.29, 0.717) is 19.6 Å². The molecular formula is C21H27N3. The lowest BCUT2D eigenvalue weighted by Crippen LogP contribution is -2.18. The zero-order valence-electron chi connectivity index (χ0n) is 14.1. The van der Waals surface area contributed by atoms with Crippen LogP contribution in [0.2, 0.25) is 0 Å². The monoisotopic (exact) mass is 321 g/mol. The van der Waals surface area contributed by atoms with E-state index in [2.05, 4.69) is 13.2 Å². The van der Waals surface area contributed by atoms with Crippen molar-refractivity contribution in [2.75, 3.05) is 19.6 Å². The molecule has 3 heteroatoms. The summed E-state index contributed by atoms with van der Waals surface area (Å²) in [6.07, 6.45) is 3.66. The smallest absolute Gasteiger partial charge is 0.0184 e. The van der Waals surface area contributed by atoms with Crippen LogP contribution in [0.1, 0.15) is 16.7 Å². The number of benzene rings is 2. The predicted octanol–water partition coefficient (Wildman–Crippen LogP) is 3.29. The van der Waals surface area contributed by atoms with Crippen molar-refractivity contribution in [1.29, 1.82) is 0 Å². The third kappa shape index (κ3) is 5.63. The van der Waals surface area contributed by atoms with Crippen LogP contribution < -0.4 is 17.2 Å². The molecule has 0 aliphatic carbocycles. The third-order valence-corrected chi connectivity index (χ3v) is 3.68. The molecule has 0 aliphatic rings. The molecule has 2 aromatic carbocycles. The van der Waals surface area contributed by atoms with Gasteiger partial charge in [0.05, 0.1) is 0 Å². The second kappa shape index (κ2) is 11.1. The van der Waals surface area contributed by atoms with E-state index >= 15 is 0 Å². The summed E-state index contributed by atoms with van der Waals surface area (Å²) in [6.45, 7) is 8.80. The molecule has 0 aliphatic heterocycles. The molecule has 0 heterocycles. The average Bonchev–Trinajstić information content (AvgIpc) is 2.67. The Morgan fingerprint density at radius 1 is 0.708 bits per heavy atom. The van der Waals surface area contributed by atoms with Gasteiger partial charge in [-0.3, -0.25) is 0 Å². The fourth-order valence-electron chi connectivity index (χ4n) is 2.32. The van der Waals surface area contributed by atoms with Gasteiger partial charge in [-0.2, -0.15) is 0 Å². The van der Waals surface area contributed by atoms with E-state index in [0.717, 1.165) is 27.8 Å². The van der Waals surface area contributed by atoms with Crippen LogP contribution in [0.15, 0.2) is 73.3 Å². The first kappa shape index (κ1) is 19.6. The minimum atomic E-state index is 0.470. The Morgan fingerprint density at radius 2 is 1.17 bits per heavy atom. The van der Waals surface area contributed by atoms with Crippen LogP contribution in [0.25, 0.3) is 17.7 Å². The SMILES string of the molecule is C=Cc1ccccc1C=C.NCC(CN)=C(CN)c1ccccc1. The molecule has 2 rings (SSSR count). The maximum absolute atomic E-state index is 5.69. The van der Waals surface area contributed by atoms with E-state index in [1.54, 1.807) is 0 Å². The molecule has 24 heavy (non-hydrogen) atoms. The second-order valence-electron chi connectivity index (χ2n) is 5.10. The maximum atomic E-state index is 5.69. The number of hydrogen-bond acceptors (Lipinski definition) is 3. The molecule has 0 radical (unpaired) electrons. The first-order valence-corrected chi connectivity index (χ1v) is 7.92. The van der Waals surface area contributed by atoms with Gasteiger partial charge in [0.2, 0.25) is 0 Å². The fraction of sp³-hybridized carbons (Fsp3) is 0.143. The van der Waals surface area contributed by atoms with Gasteiger partial charge in [-0.1, -0.05) is 79.9 Å². The predicted molar refractivity (Wildman–Crippen MR) is 107 cm³/mol. The zero-order valence-corrected chi connectivity index (χ0v) is 14.1. The molecule has 0 aromatic heterocycles. The molecule has 0 saturated carbocycles. The molecular weight excluding hydrogens is 294 g/mol. The fourth-order valence-corrected chi connectivity index (χ4v) is 2.32. The molecule has 2 aromatic rings. The van der Waals surface area contributed by atoms with E-state index in [1.165, 1.54) is 0 Å². The van der Waals surface area contributed by atoms with Gasteiger partial charge in [0.15, 0.2) is 0 Å². The van der Waals surface area contributed by atoms with Gasteiger partial charge >= 0.3 is 0 Å². The van der Waals surface area contributed by atoms with Gasteiger partial charge < -0.3 is 17.2 Å². The summed E-state index contributed by atoms with van der Waals surface area (Å²) in [4.78, 5) is 0. The Morgan fingerprint density at radius 3 is 1.54 bits per heavy atom. The molecule has 126 valence electrons. The number of nitrogens with two attached hydrogens (primary N) is 3. The Balaban J connectivity index is 0.000000254. The van der Waals surface area contributed by atoms with Crippen LogP contribution in [0.4, 0.5) is 0 Å². The highest BCUT2D eigenvalue weighted by Crippen LogP contribution is 2.16. The highest BCUT2D eigenvalue weighted by molar-refractivity contribution is 5.70. The van der Waals surface area contributed by atoms with Gasteiger partial charge in [-0.05, 0) is 27.8 Å². The van der Waals surface area contributed by atoms with Crippen LogP contribution in [0.5, 0.6) is 0 Å². The van der Waals surface area contributed by atoms with Crippen molar-refractivity contribution < 1.29 is 0 Å². The van der Waals surface area contributed by atoms with Crippen molar-refractivity contribution in [3.05, 3.63) is 90.0 Å². The van der Waals surface area contributed by atoms with Crippen LogP contribution in [0.3, 0.4) is 0 Å². The topological polar surface area (TPSA) is 78.1 Å². The van der Waals surface area contributed by atoms with E-state index in [4.69, 9.17) is 17.2 Å². The van der Waals surface area contributed by atoms with Gasteiger partial charge in [0.25, 0.3) is 0 Å². The highest BCUT2D eigenvalue weighted by atomic mass is 14.6. The van der Waals surface area contributed by atoms with Crippen LogP contribution in [0, 0.1) is 0 Å². The number of rotatable bonds is 6. The van der Waals surface area contributed by atoms with Crippen molar-refractivity contribution >= 4 is 17.7 Å². The van der Waals surface area contributed by atoms with Crippen LogP contribution >= 0.6 is 0 Å². The quantitative estimate of drug-likeness (QED) is 0.764. The first-order valence-electron chi connectivity index (χ1n) is 7.92. The van der Waals surface area contributed by atoms with E-state index < -0.39 is 0 Å². The Labute approximate surface area is 145 Å². The molecule has 0 atom stereocenters. The standard InChI is InChI=1S/C11H17N3.C10H10/c12-6-10(7-13)11(8-14)9-4-2-1-3-5-9;1-3-9-7-5-6-8-10(9)4-2/h1-5H,6-8,12-14H2;3-8H,1-2H2. The van der Waals surface area contributed by atoms with Gasteiger partial charge in [0, 0.05) is 19.6 Å². The van der Waals surface area contributed by atoms with Crippen molar-refractivity contribution in [3.63, 3.8) is 0 Å². The first-order chi connectivity index (χ1) is 11.7. The molecule has 0 spiro atoms. The molecule has 0 fully saturated rings. The van der Waals surface area contributed by atoms with E-state index in [9.17, 15) is 0 Å². The van der Waals surface area contributed by atoms with Crippen molar-refractivity contribution in [2.24, 2.45) is 17.2 Å². The Hall–Kier alpha value is -2.46. The lowest BCUT2D eigenvalue weighted by atomic mass is 10.00. The molecule has 0 saturated heterocycles. The zero-order chi connectivity index (χ0) is 17.8. The molecule has 0 bridgehead atoms. The average molecular weight is 321 g/mol. The second-order valence-corrected chi connectivity index (χ2v) is 5.10. The highest BCUT2D eigenvalue weighted by Gasteiger charge is 2.04. The van der Waals surface area contributed by atoms with Gasteiger partial charge in [0.1, 0.15) is 0 Å². The summed E-state index contributed by atoms with van der Waals surface area (Å²) in [5.74, 6) is 0. The summed E-state index contributed by atoms with van der Waals surface area (Å²) in [6, 6.07) is 18.0. The van der Waals surface area contributed by atoms with Crippen molar-refractivity contribution in [3.8, 4) is 0 Å². The van der Waals surface area contributed by atoms with Crippen LogP contribution in [-0.2, 0) is 0 Å². The van der Waals surface area contributed by atoms with Gasteiger partial charge in [-0.25, -0.2) is 0 Å². The molecule has 0 unspecified atom stereocenters. The molecule has 3 nitrogen and oxygen atoms in total. The summed E-state index contributed by atoms with van der Waals surface area (Å²) in [5, 5.41) is 0. The van der Waals surface area contributed by atoms with E-state index in [1.807, 2.05) is 66.7 Å². The number of hydrogen-bond donors (Lipinski definition) is 3. The molecule has 0 amide bonds. The Kier molecular flexibility index (Phi) is 9.09. The van der Waals surface area contributed by atoms with Gasteiger partial charge in [-0.15, -0.1) is 0 Å². The minimum Gasteiger partial charge on any atom is -0.327 e.